The summed E-state index contributed by atoms with van der Waals surface area (Å²) in [6, 6.07) is 15.1. The standard InChI is InChI=1S/C21H21ClN2O2/c1-23(15-17-4-9-18(22)10-5-17)20(25)13-8-16-6-11-19(12-7-16)24-14-2-3-21(24)26/h4-13H,2-3,14-15H2,1H3/b13-8-. The molecule has 0 radical (unpaired) electrons. The lowest BCUT2D eigenvalue weighted by molar-refractivity contribution is -0.125. The average Bonchev–Trinajstić information content (AvgIpc) is 3.08. The quantitative estimate of drug-likeness (QED) is 0.744. The molecule has 2 aromatic rings. The lowest BCUT2D eigenvalue weighted by atomic mass is 10.1. The minimum Gasteiger partial charge on any atom is -0.338 e. The molecule has 1 heterocycles. The van der Waals surface area contributed by atoms with Crippen LogP contribution in [-0.2, 0) is 16.1 Å². The van der Waals surface area contributed by atoms with E-state index in [0.717, 1.165) is 29.8 Å². The van der Waals surface area contributed by atoms with Gasteiger partial charge in [-0.05, 0) is 47.9 Å². The number of likely N-dealkylation sites (N-methyl/N-ethyl adjacent to an activating group) is 1. The summed E-state index contributed by atoms with van der Waals surface area (Å²) in [6.45, 7) is 1.30. The fourth-order valence-electron chi connectivity index (χ4n) is 2.92. The molecule has 4 nitrogen and oxygen atoms in total. The van der Waals surface area contributed by atoms with Gasteiger partial charge in [-0.1, -0.05) is 35.9 Å². The van der Waals surface area contributed by atoms with Gasteiger partial charge in [0.25, 0.3) is 0 Å². The lowest BCUT2D eigenvalue weighted by Gasteiger charge is -2.16. The summed E-state index contributed by atoms with van der Waals surface area (Å²) in [4.78, 5) is 27.5. The average molecular weight is 369 g/mol. The van der Waals surface area contributed by atoms with Crippen molar-refractivity contribution in [3.63, 3.8) is 0 Å². The molecule has 2 aromatic carbocycles. The van der Waals surface area contributed by atoms with Gasteiger partial charge < -0.3 is 9.80 Å². The highest BCUT2D eigenvalue weighted by atomic mass is 35.5. The molecule has 0 aromatic heterocycles. The number of benzene rings is 2. The third kappa shape index (κ3) is 4.52. The highest BCUT2D eigenvalue weighted by Gasteiger charge is 2.21. The molecule has 0 saturated carbocycles. The van der Waals surface area contributed by atoms with E-state index >= 15 is 0 Å². The van der Waals surface area contributed by atoms with E-state index in [1.807, 2.05) is 48.5 Å². The van der Waals surface area contributed by atoms with E-state index in [-0.39, 0.29) is 11.8 Å². The number of amides is 2. The molecule has 134 valence electrons. The SMILES string of the molecule is CN(Cc1ccc(Cl)cc1)C(=O)/C=C\c1ccc(N2CCCC2=O)cc1. The fraction of sp³-hybridized carbons (Fsp3) is 0.238. The van der Waals surface area contributed by atoms with E-state index in [1.165, 1.54) is 0 Å². The number of carbonyl (C=O) groups excluding carboxylic acids is 2. The second-order valence-corrected chi connectivity index (χ2v) is 6.83. The molecule has 0 spiro atoms. The molecule has 1 saturated heterocycles. The number of halogens is 1. The largest absolute Gasteiger partial charge is 0.338 e. The topological polar surface area (TPSA) is 40.6 Å². The predicted octanol–water partition coefficient (Wildman–Crippen LogP) is 4.14. The summed E-state index contributed by atoms with van der Waals surface area (Å²) < 4.78 is 0. The third-order valence-electron chi connectivity index (χ3n) is 4.41. The maximum atomic E-state index is 12.3. The molecule has 26 heavy (non-hydrogen) atoms. The predicted molar refractivity (Wildman–Crippen MR) is 105 cm³/mol. The molecule has 2 amide bonds. The second kappa shape index (κ2) is 8.19. The first kappa shape index (κ1) is 18.2. The van der Waals surface area contributed by atoms with Crippen LogP contribution < -0.4 is 4.90 Å². The molecule has 1 aliphatic rings. The van der Waals surface area contributed by atoms with Gasteiger partial charge in [-0.3, -0.25) is 9.59 Å². The molecular formula is C21H21ClN2O2. The zero-order valence-corrected chi connectivity index (χ0v) is 15.4. The van der Waals surface area contributed by atoms with Crippen LogP contribution in [-0.4, -0.2) is 30.3 Å². The Labute approximate surface area is 158 Å². The molecule has 1 aliphatic heterocycles. The van der Waals surface area contributed by atoms with Crippen molar-refractivity contribution in [1.29, 1.82) is 0 Å². The minimum absolute atomic E-state index is 0.0706. The van der Waals surface area contributed by atoms with Crippen LogP contribution in [0.5, 0.6) is 0 Å². The van der Waals surface area contributed by atoms with E-state index in [2.05, 4.69) is 0 Å². The first-order chi connectivity index (χ1) is 12.5. The molecule has 3 rings (SSSR count). The van der Waals surface area contributed by atoms with E-state index in [1.54, 1.807) is 29.0 Å². The van der Waals surface area contributed by atoms with Gasteiger partial charge in [-0.2, -0.15) is 0 Å². The van der Waals surface area contributed by atoms with Gasteiger partial charge in [0.2, 0.25) is 11.8 Å². The van der Waals surface area contributed by atoms with Crippen LogP contribution >= 0.6 is 11.6 Å². The fourth-order valence-corrected chi connectivity index (χ4v) is 3.05. The smallest absolute Gasteiger partial charge is 0.246 e. The normalized spacial score (nSPS) is 14.2. The molecule has 0 aliphatic carbocycles. The number of hydrogen-bond acceptors (Lipinski definition) is 2. The minimum atomic E-state index is -0.0706. The Balaban J connectivity index is 1.58. The summed E-state index contributed by atoms with van der Waals surface area (Å²) >= 11 is 5.88. The molecule has 0 unspecified atom stereocenters. The first-order valence-corrected chi connectivity index (χ1v) is 8.99. The van der Waals surface area contributed by atoms with Crippen molar-refractivity contribution in [2.24, 2.45) is 0 Å². The first-order valence-electron chi connectivity index (χ1n) is 8.61. The number of carbonyl (C=O) groups is 2. The lowest BCUT2D eigenvalue weighted by Crippen LogP contribution is -2.24. The van der Waals surface area contributed by atoms with Crippen molar-refractivity contribution in [3.05, 3.63) is 70.8 Å². The van der Waals surface area contributed by atoms with E-state index in [0.29, 0.717) is 18.0 Å². The Bertz CT molecular complexity index is 813. The van der Waals surface area contributed by atoms with Crippen molar-refractivity contribution in [2.75, 3.05) is 18.5 Å². The Morgan fingerprint density at radius 3 is 2.46 bits per heavy atom. The summed E-state index contributed by atoms with van der Waals surface area (Å²) in [5.41, 5.74) is 2.86. The Kier molecular flexibility index (Phi) is 5.74. The van der Waals surface area contributed by atoms with Gasteiger partial charge in [0, 0.05) is 43.3 Å². The Morgan fingerprint density at radius 1 is 1.15 bits per heavy atom. The molecule has 0 N–H and O–H groups in total. The summed E-state index contributed by atoms with van der Waals surface area (Å²) in [7, 11) is 1.77. The van der Waals surface area contributed by atoms with Crippen LogP contribution in [0.2, 0.25) is 5.02 Å². The van der Waals surface area contributed by atoms with Crippen LogP contribution in [0.25, 0.3) is 6.08 Å². The van der Waals surface area contributed by atoms with Crippen molar-refractivity contribution in [3.8, 4) is 0 Å². The van der Waals surface area contributed by atoms with Gasteiger partial charge in [-0.25, -0.2) is 0 Å². The number of hydrogen-bond donors (Lipinski definition) is 0. The van der Waals surface area contributed by atoms with Crippen molar-refractivity contribution in [2.45, 2.75) is 19.4 Å². The summed E-state index contributed by atoms with van der Waals surface area (Å²) in [5, 5.41) is 0.682. The van der Waals surface area contributed by atoms with Crippen LogP contribution in [0, 0.1) is 0 Å². The van der Waals surface area contributed by atoms with Crippen LogP contribution in [0.4, 0.5) is 5.69 Å². The van der Waals surface area contributed by atoms with Crippen molar-refractivity contribution >= 4 is 35.2 Å². The van der Waals surface area contributed by atoms with Crippen molar-refractivity contribution in [1.82, 2.24) is 4.90 Å². The number of nitrogens with zero attached hydrogens (tertiary/aromatic N) is 2. The van der Waals surface area contributed by atoms with Gasteiger partial charge in [0.1, 0.15) is 0 Å². The maximum Gasteiger partial charge on any atom is 0.246 e. The van der Waals surface area contributed by atoms with Crippen LogP contribution in [0.1, 0.15) is 24.0 Å². The number of rotatable bonds is 5. The second-order valence-electron chi connectivity index (χ2n) is 6.39. The number of anilines is 1. The maximum absolute atomic E-state index is 12.3. The Hall–Kier alpha value is -2.59. The summed E-state index contributed by atoms with van der Waals surface area (Å²) in [6.07, 6.45) is 4.88. The summed E-state index contributed by atoms with van der Waals surface area (Å²) in [5.74, 6) is 0.103. The van der Waals surface area contributed by atoms with E-state index in [4.69, 9.17) is 11.6 Å². The highest BCUT2D eigenvalue weighted by Crippen LogP contribution is 2.22. The Morgan fingerprint density at radius 2 is 1.85 bits per heavy atom. The van der Waals surface area contributed by atoms with E-state index < -0.39 is 0 Å². The van der Waals surface area contributed by atoms with Crippen molar-refractivity contribution < 1.29 is 9.59 Å². The van der Waals surface area contributed by atoms with Crippen LogP contribution in [0.15, 0.2) is 54.6 Å². The zero-order valence-electron chi connectivity index (χ0n) is 14.7. The molecule has 5 heteroatoms. The molecule has 0 atom stereocenters. The third-order valence-corrected chi connectivity index (χ3v) is 4.66. The van der Waals surface area contributed by atoms with Gasteiger partial charge >= 0.3 is 0 Å². The zero-order chi connectivity index (χ0) is 18.5. The molecule has 0 bridgehead atoms. The van der Waals surface area contributed by atoms with Crippen LogP contribution in [0.3, 0.4) is 0 Å². The van der Waals surface area contributed by atoms with E-state index in [9.17, 15) is 9.59 Å². The molecule has 1 fully saturated rings. The molecular weight excluding hydrogens is 348 g/mol. The van der Waals surface area contributed by atoms with Gasteiger partial charge in [0.05, 0.1) is 0 Å². The van der Waals surface area contributed by atoms with Gasteiger partial charge in [-0.15, -0.1) is 0 Å². The van der Waals surface area contributed by atoms with Gasteiger partial charge in [0.15, 0.2) is 0 Å². The highest BCUT2D eigenvalue weighted by molar-refractivity contribution is 6.30. The monoisotopic (exact) mass is 368 g/mol.